The molecule has 0 aliphatic carbocycles. The van der Waals surface area contributed by atoms with E-state index in [1.54, 1.807) is 25.5 Å². The van der Waals surface area contributed by atoms with E-state index >= 15 is 0 Å². The van der Waals surface area contributed by atoms with Crippen molar-refractivity contribution >= 4 is 6.29 Å². The molecule has 27 heavy (non-hydrogen) atoms. The Balaban J connectivity index is 1.47. The number of benzene rings is 2. The minimum Gasteiger partial charge on any atom is -0.497 e. The predicted molar refractivity (Wildman–Crippen MR) is 106 cm³/mol. The van der Waals surface area contributed by atoms with E-state index in [1.165, 1.54) is 5.56 Å². The van der Waals surface area contributed by atoms with Crippen LogP contribution in [0.2, 0.25) is 0 Å². The largest absolute Gasteiger partial charge is 0.497 e. The van der Waals surface area contributed by atoms with Crippen LogP contribution >= 0.6 is 0 Å². The number of furan rings is 1. The van der Waals surface area contributed by atoms with Crippen LogP contribution in [-0.2, 0) is 6.42 Å². The summed E-state index contributed by atoms with van der Waals surface area (Å²) in [7, 11) is 1.68. The summed E-state index contributed by atoms with van der Waals surface area (Å²) < 4.78 is 16.6. The molecule has 0 bridgehead atoms. The van der Waals surface area contributed by atoms with Gasteiger partial charge in [-0.25, -0.2) is 0 Å². The van der Waals surface area contributed by atoms with Gasteiger partial charge in [-0.2, -0.15) is 0 Å². The van der Waals surface area contributed by atoms with Gasteiger partial charge in [-0.3, -0.25) is 4.79 Å². The highest BCUT2D eigenvalue weighted by atomic mass is 16.5. The molecule has 4 heteroatoms. The molecule has 2 aromatic carbocycles. The first-order valence-corrected chi connectivity index (χ1v) is 9.19. The minimum atomic E-state index is 0.605. The average molecular weight is 364 g/mol. The number of aryl methyl sites for hydroxylation is 1. The van der Waals surface area contributed by atoms with Crippen LogP contribution in [0.25, 0.3) is 11.3 Å². The Bertz CT molecular complexity index is 835. The van der Waals surface area contributed by atoms with Crippen LogP contribution in [0.4, 0.5) is 0 Å². The maximum Gasteiger partial charge on any atom is 0.150 e. The van der Waals surface area contributed by atoms with Gasteiger partial charge in [-0.1, -0.05) is 12.1 Å². The Morgan fingerprint density at radius 2 is 1.85 bits per heavy atom. The standard InChI is InChI=1S/C23H24O4/c1-25-20-11-8-18(9-12-20)6-3-2-4-14-26-23-13-10-19(17-24)16-21(23)22-7-5-15-27-22/h5,7-13,15-17H,2-4,6,14H2,1H3. The number of methoxy groups -OCH3 is 1. The number of hydrogen-bond acceptors (Lipinski definition) is 4. The molecular weight excluding hydrogens is 340 g/mol. The second-order valence-electron chi connectivity index (χ2n) is 6.36. The molecule has 1 heterocycles. The van der Waals surface area contributed by atoms with Crippen molar-refractivity contribution in [3.8, 4) is 22.8 Å². The highest BCUT2D eigenvalue weighted by Gasteiger charge is 2.10. The molecule has 0 amide bonds. The second kappa shape index (κ2) is 9.62. The zero-order chi connectivity index (χ0) is 18.9. The third-order valence-electron chi connectivity index (χ3n) is 4.45. The van der Waals surface area contributed by atoms with Gasteiger partial charge in [0.2, 0.25) is 0 Å². The second-order valence-corrected chi connectivity index (χ2v) is 6.36. The average Bonchev–Trinajstić information content (AvgIpc) is 3.25. The SMILES string of the molecule is COc1ccc(CCCCCOc2ccc(C=O)cc2-c2ccco2)cc1. The summed E-state index contributed by atoms with van der Waals surface area (Å²) in [5, 5.41) is 0. The zero-order valence-electron chi connectivity index (χ0n) is 15.5. The summed E-state index contributed by atoms with van der Waals surface area (Å²) >= 11 is 0. The van der Waals surface area contributed by atoms with Crippen LogP contribution in [0.15, 0.2) is 65.3 Å². The van der Waals surface area contributed by atoms with Crippen molar-refractivity contribution in [3.63, 3.8) is 0 Å². The maximum absolute atomic E-state index is 11.0. The molecule has 0 aliphatic rings. The summed E-state index contributed by atoms with van der Waals surface area (Å²) in [5.74, 6) is 2.33. The minimum absolute atomic E-state index is 0.605. The maximum atomic E-state index is 11.0. The molecule has 0 atom stereocenters. The predicted octanol–water partition coefficient (Wildman–Crippen LogP) is 5.56. The van der Waals surface area contributed by atoms with Crippen LogP contribution < -0.4 is 9.47 Å². The molecular formula is C23H24O4. The molecule has 0 aliphatic heterocycles. The first-order valence-electron chi connectivity index (χ1n) is 9.19. The lowest BCUT2D eigenvalue weighted by molar-refractivity contribution is 0.112. The topological polar surface area (TPSA) is 48.7 Å². The van der Waals surface area contributed by atoms with E-state index in [9.17, 15) is 4.79 Å². The van der Waals surface area contributed by atoms with Crippen LogP contribution in [0.1, 0.15) is 35.2 Å². The number of aldehydes is 1. The van der Waals surface area contributed by atoms with Gasteiger partial charge in [0.25, 0.3) is 0 Å². The first-order chi connectivity index (χ1) is 13.3. The molecule has 0 N–H and O–H groups in total. The van der Waals surface area contributed by atoms with Gasteiger partial charge in [-0.05, 0) is 73.7 Å². The molecule has 3 rings (SSSR count). The Labute approximate surface area is 159 Å². The lowest BCUT2D eigenvalue weighted by Crippen LogP contribution is -2.00. The molecule has 3 aromatic rings. The number of carbonyl (C=O) groups is 1. The van der Waals surface area contributed by atoms with Crippen molar-refractivity contribution in [1.82, 2.24) is 0 Å². The summed E-state index contributed by atoms with van der Waals surface area (Å²) in [6, 6.07) is 17.3. The summed E-state index contributed by atoms with van der Waals surface area (Å²) in [5.41, 5.74) is 2.73. The van der Waals surface area contributed by atoms with Gasteiger partial charge in [0.15, 0.2) is 0 Å². The molecule has 0 unspecified atom stereocenters. The van der Waals surface area contributed by atoms with E-state index in [0.29, 0.717) is 17.9 Å². The van der Waals surface area contributed by atoms with Crippen LogP contribution in [0, 0.1) is 0 Å². The summed E-state index contributed by atoms with van der Waals surface area (Å²) in [4.78, 5) is 11.0. The normalized spacial score (nSPS) is 10.6. The van der Waals surface area contributed by atoms with E-state index < -0.39 is 0 Å². The van der Waals surface area contributed by atoms with Gasteiger partial charge in [0, 0.05) is 5.56 Å². The zero-order valence-corrected chi connectivity index (χ0v) is 15.5. The van der Waals surface area contributed by atoms with Crippen molar-refractivity contribution in [2.45, 2.75) is 25.7 Å². The number of ether oxygens (including phenoxy) is 2. The van der Waals surface area contributed by atoms with Crippen molar-refractivity contribution in [1.29, 1.82) is 0 Å². The molecule has 140 valence electrons. The lowest BCUT2D eigenvalue weighted by Gasteiger charge is -2.11. The van der Waals surface area contributed by atoms with E-state index in [0.717, 1.165) is 49.0 Å². The Morgan fingerprint density at radius 3 is 2.56 bits per heavy atom. The first kappa shape index (κ1) is 18.8. The van der Waals surface area contributed by atoms with Gasteiger partial charge < -0.3 is 13.9 Å². The Hall–Kier alpha value is -3.01. The summed E-state index contributed by atoms with van der Waals surface area (Å²) in [6.07, 6.45) is 6.68. The third kappa shape index (κ3) is 5.23. The van der Waals surface area contributed by atoms with E-state index in [-0.39, 0.29) is 0 Å². The molecule has 1 aromatic heterocycles. The van der Waals surface area contributed by atoms with Gasteiger partial charge in [-0.15, -0.1) is 0 Å². The van der Waals surface area contributed by atoms with Crippen molar-refractivity contribution in [2.24, 2.45) is 0 Å². The van der Waals surface area contributed by atoms with E-state index in [1.807, 2.05) is 30.3 Å². The van der Waals surface area contributed by atoms with Crippen LogP contribution in [0.3, 0.4) is 0 Å². The number of rotatable bonds is 10. The van der Waals surface area contributed by atoms with Gasteiger partial charge in [0.05, 0.1) is 25.5 Å². The number of unbranched alkanes of at least 4 members (excludes halogenated alkanes) is 2. The fourth-order valence-corrected chi connectivity index (χ4v) is 2.95. The Kier molecular flexibility index (Phi) is 6.69. The molecule has 0 saturated heterocycles. The molecule has 0 fully saturated rings. The fourth-order valence-electron chi connectivity index (χ4n) is 2.95. The lowest BCUT2D eigenvalue weighted by atomic mass is 10.1. The quantitative estimate of drug-likeness (QED) is 0.349. The highest BCUT2D eigenvalue weighted by molar-refractivity contribution is 5.80. The monoisotopic (exact) mass is 364 g/mol. The molecule has 4 nitrogen and oxygen atoms in total. The smallest absolute Gasteiger partial charge is 0.150 e. The van der Waals surface area contributed by atoms with Crippen molar-refractivity contribution < 1.29 is 18.7 Å². The summed E-state index contributed by atoms with van der Waals surface area (Å²) in [6.45, 7) is 0.636. The number of carbonyl (C=O) groups excluding carboxylic acids is 1. The van der Waals surface area contributed by atoms with Gasteiger partial charge >= 0.3 is 0 Å². The van der Waals surface area contributed by atoms with Crippen LogP contribution in [-0.4, -0.2) is 20.0 Å². The van der Waals surface area contributed by atoms with E-state index in [4.69, 9.17) is 13.9 Å². The van der Waals surface area contributed by atoms with Crippen LogP contribution in [0.5, 0.6) is 11.5 Å². The Morgan fingerprint density at radius 1 is 1.00 bits per heavy atom. The van der Waals surface area contributed by atoms with Crippen molar-refractivity contribution in [3.05, 3.63) is 72.0 Å². The fraction of sp³-hybridized carbons (Fsp3) is 0.261. The molecule has 0 saturated carbocycles. The molecule has 0 spiro atoms. The third-order valence-corrected chi connectivity index (χ3v) is 4.45. The van der Waals surface area contributed by atoms with Gasteiger partial charge in [0.1, 0.15) is 23.5 Å². The van der Waals surface area contributed by atoms with Crippen molar-refractivity contribution in [2.75, 3.05) is 13.7 Å². The highest BCUT2D eigenvalue weighted by Crippen LogP contribution is 2.31. The number of hydrogen-bond donors (Lipinski definition) is 0. The van der Waals surface area contributed by atoms with E-state index in [2.05, 4.69) is 12.1 Å². The molecule has 0 radical (unpaired) electrons.